The maximum atomic E-state index is 8.87. The largest absolute Gasteiger partial charge is 0.396 e. The van der Waals surface area contributed by atoms with Gasteiger partial charge in [0.25, 0.3) is 0 Å². The normalized spacial score (nSPS) is 32.3. The van der Waals surface area contributed by atoms with E-state index in [1.807, 2.05) is 6.92 Å². The molecular weight excluding hydrogens is 168 g/mol. The molecule has 0 saturated carbocycles. The summed E-state index contributed by atoms with van der Waals surface area (Å²) in [5.41, 5.74) is -0.291. The molecule has 0 aromatic rings. The third kappa shape index (κ3) is 2.22. The van der Waals surface area contributed by atoms with Gasteiger partial charge in [-0.15, -0.1) is 0 Å². The van der Waals surface area contributed by atoms with Crippen LogP contribution in [0.4, 0.5) is 0 Å². The van der Waals surface area contributed by atoms with Crippen molar-refractivity contribution in [2.45, 2.75) is 51.4 Å². The predicted octanol–water partition coefficient (Wildman–Crippen LogP) is 1.69. The minimum atomic E-state index is -0.399. The maximum absolute atomic E-state index is 8.87. The monoisotopic (exact) mass is 188 g/mol. The molecule has 0 aromatic carbocycles. The number of hydrogen-bond donors (Lipinski definition) is 1. The van der Waals surface area contributed by atoms with E-state index in [2.05, 4.69) is 13.8 Å². The van der Waals surface area contributed by atoms with Crippen LogP contribution in [0.3, 0.4) is 0 Å². The van der Waals surface area contributed by atoms with E-state index in [9.17, 15) is 0 Å². The van der Waals surface area contributed by atoms with E-state index < -0.39 is 5.79 Å². The van der Waals surface area contributed by atoms with Crippen LogP contribution in [0.15, 0.2) is 0 Å². The number of rotatable bonds is 4. The molecule has 0 spiro atoms. The fourth-order valence-corrected chi connectivity index (χ4v) is 1.75. The van der Waals surface area contributed by atoms with Crippen molar-refractivity contribution in [1.82, 2.24) is 0 Å². The Morgan fingerprint density at radius 1 is 1.31 bits per heavy atom. The van der Waals surface area contributed by atoms with E-state index in [1.54, 1.807) is 0 Å². The first-order valence-electron chi connectivity index (χ1n) is 5.05. The molecule has 1 fully saturated rings. The van der Waals surface area contributed by atoms with E-state index in [0.29, 0.717) is 13.0 Å². The van der Waals surface area contributed by atoms with Gasteiger partial charge in [0.1, 0.15) is 0 Å². The minimum Gasteiger partial charge on any atom is -0.396 e. The van der Waals surface area contributed by atoms with Crippen LogP contribution < -0.4 is 0 Å². The maximum Gasteiger partial charge on any atom is 0.168 e. The van der Waals surface area contributed by atoms with Crippen molar-refractivity contribution in [2.75, 3.05) is 13.2 Å². The zero-order valence-electron chi connectivity index (χ0n) is 8.80. The fourth-order valence-electron chi connectivity index (χ4n) is 1.75. The van der Waals surface area contributed by atoms with Crippen molar-refractivity contribution in [3.05, 3.63) is 0 Å². The van der Waals surface area contributed by atoms with Gasteiger partial charge in [0, 0.05) is 13.0 Å². The molecule has 0 aliphatic carbocycles. The summed E-state index contributed by atoms with van der Waals surface area (Å²) in [6.07, 6.45) is 2.38. The molecule has 1 saturated heterocycles. The molecular formula is C10H20O3. The van der Waals surface area contributed by atoms with Gasteiger partial charge in [0.15, 0.2) is 5.79 Å². The van der Waals surface area contributed by atoms with Gasteiger partial charge in [-0.1, -0.05) is 13.8 Å². The molecule has 1 N–H and O–H groups in total. The Kier molecular flexibility index (Phi) is 3.33. The first kappa shape index (κ1) is 11.0. The van der Waals surface area contributed by atoms with Crippen LogP contribution in [-0.4, -0.2) is 29.7 Å². The van der Waals surface area contributed by atoms with Gasteiger partial charge in [-0.05, 0) is 19.8 Å². The molecule has 13 heavy (non-hydrogen) atoms. The minimum absolute atomic E-state index is 0.156. The van der Waals surface area contributed by atoms with Crippen LogP contribution in [0.1, 0.15) is 40.0 Å². The molecule has 0 aromatic heterocycles. The zero-order chi connectivity index (χ0) is 9.95. The van der Waals surface area contributed by atoms with E-state index in [-0.39, 0.29) is 12.2 Å². The third-order valence-corrected chi connectivity index (χ3v) is 2.79. The summed E-state index contributed by atoms with van der Waals surface area (Å²) < 4.78 is 11.6. The first-order valence-corrected chi connectivity index (χ1v) is 5.05. The van der Waals surface area contributed by atoms with Crippen LogP contribution in [-0.2, 0) is 9.47 Å². The zero-order valence-corrected chi connectivity index (χ0v) is 8.80. The molecule has 0 unspecified atom stereocenters. The molecule has 3 heteroatoms. The standard InChI is InChI=1S/C10H20O3/c1-4-10(5-2)12-8-9(3,13-10)6-7-11/h11H,4-8H2,1-3H3/t9-/m0/s1. The average Bonchev–Trinajstić information content (AvgIpc) is 2.45. The molecule has 1 heterocycles. The molecule has 3 nitrogen and oxygen atoms in total. The first-order chi connectivity index (χ1) is 6.10. The molecule has 1 aliphatic rings. The van der Waals surface area contributed by atoms with Crippen LogP contribution >= 0.6 is 0 Å². The average molecular weight is 188 g/mol. The van der Waals surface area contributed by atoms with Gasteiger partial charge in [-0.3, -0.25) is 0 Å². The van der Waals surface area contributed by atoms with Gasteiger partial charge >= 0.3 is 0 Å². The summed E-state index contributed by atoms with van der Waals surface area (Å²) in [6.45, 7) is 6.87. The van der Waals surface area contributed by atoms with Gasteiger partial charge < -0.3 is 14.6 Å². The molecule has 1 atom stereocenters. The molecule has 0 amide bonds. The Labute approximate surface area is 80.0 Å². The van der Waals surface area contributed by atoms with E-state index in [4.69, 9.17) is 14.6 Å². The molecule has 1 rings (SSSR count). The van der Waals surface area contributed by atoms with Crippen LogP contribution in [0.5, 0.6) is 0 Å². The summed E-state index contributed by atoms with van der Waals surface area (Å²) in [4.78, 5) is 0. The highest BCUT2D eigenvalue weighted by atomic mass is 16.8. The second-order valence-electron chi connectivity index (χ2n) is 3.93. The SMILES string of the molecule is CCC1(CC)OC[C@](C)(CCO)O1. The Balaban J connectivity index is 2.60. The van der Waals surface area contributed by atoms with Gasteiger partial charge in [0.05, 0.1) is 12.2 Å². The Hall–Kier alpha value is -0.120. The van der Waals surface area contributed by atoms with Crippen LogP contribution in [0.25, 0.3) is 0 Å². The Bertz CT molecular complexity index is 166. The number of aliphatic hydroxyl groups excluding tert-OH is 1. The summed E-state index contributed by atoms with van der Waals surface area (Å²) in [7, 11) is 0. The highest BCUT2D eigenvalue weighted by Gasteiger charge is 2.45. The fraction of sp³-hybridized carbons (Fsp3) is 1.00. The highest BCUT2D eigenvalue weighted by Crippen LogP contribution is 2.37. The van der Waals surface area contributed by atoms with Gasteiger partial charge in [-0.2, -0.15) is 0 Å². The highest BCUT2D eigenvalue weighted by molar-refractivity contribution is 4.86. The van der Waals surface area contributed by atoms with Crippen molar-refractivity contribution in [2.24, 2.45) is 0 Å². The Morgan fingerprint density at radius 3 is 2.31 bits per heavy atom. The number of aliphatic hydroxyl groups is 1. The van der Waals surface area contributed by atoms with Gasteiger partial charge in [-0.25, -0.2) is 0 Å². The topological polar surface area (TPSA) is 38.7 Å². The van der Waals surface area contributed by atoms with Crippen molar-refractivity contribution >= 4 is 0 Å². The number of hydrogen-bond acceptors (Lipinski definition) is 3. The molecule has 0 bridgehead atoms. The Morgan fingerprint density at radius 2 is 1.92 bits per heavy atom. The van der Waals surface area contributed by atoms with Crippen molar-refractivity contribution in [3.63, 3.8) is 0 Å². The smallest absolute Gasteiger partial charge is 0.168 e. The van der Waals surface area contributed by atoms with Crippen LogP contribution in [0.2, 0.25) is 0 Å². The van der Waals surface area contributed by atoms with E-state index in [0.717, 1.165) is 12.8 Å². The lowest BCUT2D eigenvalue weighted by Crippen LogP contribution is -2.34. The van der Waals surface area contributed by atoms with Crippen LogP contribution in [0, 0.1) is 0 Å². The van der Waals surface area contributed by atoms with Crippen molar-refractivity contribution in [3.8, 4) is 0 Å². The molecule has 78 valence electrons. The second-order valence-corrected chi connectivity index (χ2v) is 3.93. The van der Waals surface area contributed by atoms with E-state index >= 15 is 0 Å². The lowest BCUT2D eigenvalue weighted by Gasteiger charge is -2.28. The molecule has 0 radical (unpaired) electrons. The second kappa shape index (κ2) is 3.95. The quantitative estimate of drug-likeness (QED) is 0.729. The summed E-state index contributed by atoms with van der Waals surface area (Å²) in [5, 5.41) is 8.87. The summed E-state index contributed by atoms with van der Waals surface area (Å²) >= 11 is 0. The predicted molar refractivity (Wildman–Crippen MR) is 50.5 cm³/mol. The third-order valence-electron chi connectivity index (χ3n) is 2.79. The lowest BCUT2D eigenvalue weighted by atomic mass is 10.0. The van der Waals surface area contributed by atoms with E-state index in [1.165, 1.54) is 0 Å². The summed E-state index contributed by atoms with van der Waals surface area (Å²) in [5.74, 6) is -0.399. The summed E-state index contributed by atoms with van der Waals surface area (Å²) in [6, 6.07) is 0. The molecule has 1 aliphatic heterocycles. The number of ether oxygens (including phenoxy) is 2. The van der Waals surface area contributed by atoms with Gasteiger partial charge in [0.2, 0.25) is 0 Å². The lowest BCUT2D eigenvalue weighted by molar-refractivity contribution is -0.190. The van der Waals surface area contributed by atoms with Crippen molar-refractivity contribution in [1.29, 1.82) is 0 Å². The van der Waals surface area contributed by atoms with Crippen molar-refractivity contribution < 1.29 is 14.6 Å².